The molecular formula is C28H22N2OS. The van der Waals surface area contributed by atoms with Crippen molar-refractivity contribution in [2.24, 2.45) is 5.10 Å². The Balaban J connectivity index is 1.62. The summed E-state index contributed by atoms with van der Waals surface area (Å²) in [5.74, 6) is 0.00728. The first kappa shape index (κ1) is 19.2. The number of hydrazone groups is 1. The van der Waals surface area contributed by atoms with E-state index < -0.39 is 5.54 Å². The number of anilines is 1. The molecule has 0 N–H and O–H groups in total. The molecule has 2 heterocycles. The maximum Gasteiger partial charge on any atom is 0.192 e. The first-order valence-electron chi connectivity index (χ1n) is 10.9. The normalized spacial score (nSPS) is 21.8. The van der Waals surface area contributed by atoms with Crippen LogP contribution in [-0.4, -0.2) is 17.0 Å². The third-order valence-electron chi connectivity index (χ3n) is 6.63. The number of thiophene rings is 1. The van der Waals surface area contributed by atoms with Gasteiger partial charge in [0, 0.05) is 16.9 Å². The Kier molecular flexibility index (Phi) is 4.37. The molecule has 0 saturated carbocycles. The average molecular weight is 435 g/mol. The summed E-state index contributed by atoms with van der Waals surface area (Å²) >= 11 is 1.70. The molecule has 0 radical (unpaired) electrons. The molecule has 0 bridgehead atoms. The molecule has 4 heteroatoms. The molecule has 32 heavy (non-hydrogen) atoms. The summed E-state index contributed by atoms with van der Waals surface area (Å²) in [6.45, 7) is 2.08. The molecular weight excluding hydrogens is 412 g/mol. The van der Waals surface area contributed by atoms with E-state index in [4.69, 9.17) is 5.10 Å². The number of nitrogens with zero attached hydrogens (tertiary/aromatic N) is 2. The third kappa shape index (κ3) is 2.73. The molecule has 1 aromatic heterocycles. The van der Waals surface area contributed by atoms with E-state index >= 15 is 0 Å². The number of hydrogen-bond acceptors (Lipinski definition) is 4. The number of ketones is 1. The van der Waals surface area contributed by atoms with Crippen LogP contribution in [0.4, 0.5) is 5.69 Å². The molecule has 156 valence electrons. The van der Waals surface area contributed by atoms with Gasteiger partial charge in [0.25, 0.3) is 0 Å². The van der Waals surface area contributed by atoms with Crippen LogP contribution in [0.3, 0.4) is 0 Å². The zero-order valence-corrected chi connectivity index (χ0v) is 18.5. The highest BCUT2D eigenvalue weighted by molar-refractivity contribution is 7.10. The third-order valence-corrected chi connectivity index (χ3v) is 7.56. The van der Waals surface area contributed by atoms with Gasteiger partial charge in [-0.05, 0) is 41.6 Å². The van der Waals surface area contributed by atoms with E-state index in [0.29, 0.717) is 6.42 Å². The molecule has 2 atom stereocenters. The molecule has 1 aliphatic heterocycles. The van der Waals surface area contributed by atoms with Crippen molar-refractivity contribution in [2.45, 2.75) is 24.8 Å². The minimum atomic E-state index is -0.811. The maximum absolute atomic E-state index is 14.2. The molecule has 4 aromatic rings. The smallest absolute Gasteiger partial charge is 0.192 e. The minimum absolute atomic E-state index is 0.147. The van der Waals surface area contributed by atoms with Gasteiger partial charge in [-0.1, -0.05) is 78.4 Å². The van der Waals surface area contributed by atoms with Gasteiger partial charge in [-0.2, -0.15) is 5.10 Å². The van der Waals surface area contributed by atoms with Crippen LogP contribution >= 0.6 is 11.3 Å². The predicted octanol–water partition coefficient (Wildman–Crippen LogP) is 6.24. The van der Waals surface area contributed by atoms with Crippen molar-refractivity contribution in [3.63, 3.8) is 0 Å². The van der Waals surface area contributed by atoms with E-state index in [0.717, 1.165) is 28.1 Å². The lowest BCUT2D eigenvalue weighted by Gasteiger charge is -2.37. The number of benzene rings is 3. The van der Waals surface area contributed by atoms with Gasteiger partial charge in [-0.3, -0.25) is 4.79 Å². The molecule has 0 saturated heterocycles. The number of carbonyl (C=O) groups excluding carboxylic acids is 1. The zero-order valence-electron chi connectivity index (χ0n) is 17.7. The Bertz CT molecular complexity index is 1330. The number of hydrogen-bond donors (Lipinski definition) is 0. The summed E-state index contributed by atoms with van der Waals surface area (Å²) in [5.41, 5.74) is 5.25. The van der Waals surface area contributed by atoms with Gasteiger partial charge in [0.05, 0.1) is 17.3 Å². The van der Waals surface area contributed by atoms with E-state index in [2.05, 4.69) is 66.9 Å². The van der Waals surface area contributed by atoms with Gasteiger partial charge in [0.2, 0.25) is 0 Å². The summed E-state index contributed by atoms with van der Waals surface area (Å²) in [6.07, 6.45) is 0.637. The van der Waals surface area contributed by atoms with Crippen LogP contribution in [-0.2, 0) is 6.42 Å². The highest BCUT2D eigenvalue weighted by Gasteiger charge is 2.61. The quantitative estimate of drug-likeness (QED) is 0.382. The van der Waals surface area contributed by atoms with Crippen LogP contribution in [0.5, 0.6) is 0 Å². The van der Waals surface area contributed by atoms with Gasteiger partial charge < -0.3 is 0 Å². The molecule has 0 unspecified atom stereocenters. The fourth-order valence-corrected chi connectivity index (χ4v) is 6.05. The van der Waals surface area contributed by atoms with Crippen LogP contribution in [0, 0.1) is 6.92 Å². The minimum Gasteiger partial charge on any atom is -0.291 e. The van der Waals surface area contributed by atoms with E-state index in [1.165, 1.54) is 10.4 Å². The SMILES string of the molecule is Cc1ccc(N2N=C(c3ccccc3)[C@H](c3cccs3)[C@]23Cc2ccccc2C3=O)cc1. The standard InChI is InChI=1S/C28H22N2OS/c1-19-13-15-22(16-14-19)30-28(18-21-10-5-6-11-23(21)27(28)31)25(24-12-7-17-32-24)26(29-30)20-8-3-2-4-9-20/h2-17,25H,18H2,1H3/t25-,28-/m0/s1. The Morgan fingerprint density at radius 3 is 2.38 bits per heavy atom. The molecule has 3 aromatic carbocycles. The lowest BCUT2D eigenvalue weighted by atomic mass is 9.75. The monoisotopic (exact) mass is 434 g/mol. The second kappa shape index (κ2) is 7.28. The highest BCUT2D eigenvalue weighted by atomic mass is 32.1. The van der Waals surface area contributed by atoms with Crippen molar-refractivity contribution in [3.8, 4) is 0 Å². The van der Waals surface area contributed by atoms with Crippen LogP contribution in [0.25, 0.3) is 0 Å². The van der Waals surface area contributed by atoms with Crippen LogP contribution < -0.4 is 5.01 Å². The zero-order chi connectivity index (χ0) is 21.7. The number of carbonyl (C=O) groups is 1. The van der Waals surface area contributed by atoms with E-state index in [9.17, 15) is 4.79 Å². The lowest BCUT2D eigenvalue weighted by Crippen LogP contribution is -2.53. The van der Waals surface area contributed by atoms with E-state index in [-0.39, 0.29) is 11.7 Å². The molecule has 1 spiro atoms. The van der Waals surface area contributed by atoms with Crippen LogP contribution in [0.2, 0.25) is 0 Å². The van der Waals surface area contributed by atoms with Gasteiger partial charge >= 0.3 is 0 Å². The lowest BCUT2D eigenvalue weighted by molar-refractivity contribution is 0.0900. The molecule has 2 aliphatic rings. The van der Waals surface area contributed by atoms with E-state index in [1.807, 2.05) is 41.4 Å². The number of Topliss-reactive ketones (excluding diaryl/α,β-unsaturated/α-hetero) is 1. The predicted molar refractivity (Wildman–Crippen MR) is 131 cm³/mol. The second-order valence-corrected chi connectivity index (χ2v) is 9.51. The van der Waals surface area contributed by atoms with Gasteiger partial charge in [0.1, 0.15) is 5.54 Å². The van der Waals surface area contributed by atoms with Crippen molar-refractivity contribution in [1.82, 2.24) is 0 Å². The van der Waals surface area contributed by atoms with Crippen molar-refractivity contribution < 1.29 is 4.79 Å². The van der Waals surface area contributed by atoms with E-state index in [1.54, 1.807) is 11.3 Å². The number of aryl methyl sites for hydroxylation is 1. The van der Waals surface area contributed by atoms with Gasteiger partial charge in [0.15, 0.2) is 5.78 Å². The van der Waals surface area contributed by atoms with Crippen molar-refractivity contribution in [2.75, 3.05) is 5.01 Å². The number of rotatable bonds is 3. The Labute approximate surface area is 191 Å². The number of fused-ring (bicyclic) bond motifs is 1. The van der Waals surface area contributed by atoms with Crippen molar-refractivity contribution in [1.29, 1.82) is 0 Å². The summed E-state index contributed by atoms with van der Waals surface area (Å²) in [4.78, 5) is 15.4. The first-order chi connectivity index (χ1) is 15.7. The Hall–Kier alpha value is -3.50. The van der Waals surface area contributed by atoms with Crippen LogP contribution in [0.15, 0.2) is 101 Å². The summed E-state index contributed by atoms with van der Waals surface area (Å²) in [7, 11) is 0. The average Bonchev–Trinajstić information content (AvgIpc) is 3.53. The molecule has 3 nitrogen and oxygen atoms in total. The molecule has 6 rings (SSSR count). The Morgan fingerprint density at radius 1 is 0.906 bits per heavy atom. The molecule has 1 aliphatic carbocycles. The fourth-order valence-electron chi connectivity index (χ4n) is 5.14. The van der Waals surface area contributed by atoms with Gasteiger partial charge in [-0.15, -0.1) is 11.3 Å². The first-order valence-corrected chi connectivity index (χ1v) is 11.7. The summed E-state index contributed by atoms with van der Waals surface area (Å²) < 4.78 is 0. The second-order valence-electron chi connectivity index (χ2n) is 8.53. The summed E-state index contributed by atoms with van der Waals surface area (Å²) in [5, 5.41) is 9.31. The maximum atomic E-state index is 14.2. The Morgan fingerprint density at radius 2 is 1.66 bits per heavy atom. The summed E-state index contributed by atoms with van der Waals surface area (Å²) in [6, 6.07) is 30.9. The van der Waals surface area contributed by atoms with Crippen LogP contribution in [0.1, 0.15) is 37.8 Å². The van der Waals surface area contributed by atoms with Crippen molar-refractivity contribution >= 4 is 28.5 Å². The molecule has 0 amide bonds. The van der Waals surface area contributed by atoms with Gasteiger partial charge in [-0.25, -0.2) is 5.01 Å². The van der Waals surface area contributed by atoms with Crippen molar-refractivity contribution in [3.05, 3.63) is 124 Å². The fraction of sp³-hybridized carbons (Fsp3) is 0.143. The highest BCUT2D eigenvalue weighted by Crippen LogP contribution is 2.52. The topological polar surface area (TPSA) is 32.7 Å². The molecule has 0 fully saturated rings. The largest absolute Gasteiger partial charge is 0.291 e.